The summed E-state index contributed by atoms with van der Waals surface area (Å²) in [5, 5.41) is 5.14. The van der Waals surface area contributed by atoms with Gasteiger partial charge in [-0.15, -0.1) is 0 Å². The Bertz CT molecular complexity index is 469. The first-order valence-electron chi connectivity index (χ1n) is 5.48. The SMILES string of the molecule is CNC(=O)c1cnc(NC(=O)C2CC2)nc1C. The van der Waals surface area contributed by atoms with Gasteiger partial charge in [0.25, 0.3) is 5.91 Å². The molecular formula is C11H14N4O2. The van der Waals surface area contributed by atoms with E-state index in [2.05, 4.69) is 20.6 Å². The second-order valence-corrected chi connectivity index (χ2v) is 4.04. The maximum Gasteiger partial charge on any atom is 0.254 e. The Morgan fingerprint density at radius 2 is 2.12 bits per heavy atom. The number of carbonyl (C=O) groups excluding carboxylic acids is 2. The number of carbonyl (C=O) groups is 2. The van der Waals surface area contributed by atoms with Gasteiger partial charge in [0.1, 0.15) is 0 Å². The normalized spacial score (nSPS) is 14.2. The maximum atomic E-state index is 11.5. The van der Waals surface area contributed by atoms with E-state index in [0.29, 0.717) is 11.3 Å². The van der Waals surface area contributed by atoms with Crippen molar-refractivity contribution in [1.29, 1.82) is 0 Å². The van der Waals surface area contributed by atoms with Crippen molar-refractivity contribution < 1.29 is 9.59 Å². The molecule has 2 N–H and O–H groups in total. The fourth-order valence-electron chi connectivity index (χ4n) is 1.44. The Labute approximate surface area is 98.8 Å². The van der Waals surface area contributed by atoms with Crippen LogP contribution >= 0.6 is 0 Å². The molecule has 0 bridgehead atoms. The fraction of sp³-hybridized carbons (Fsp3) is 0.455. The zero-order valence-electron chi connectivity index (χ0n) is 9.78. The molecule has 0 spiro atoms. The summed E-state index contributed by atoms with van der Waals surface area (Å²) < 4.78 is 0. The van der Waals surface area contributed by atoms with Crippen molar-refractivity contribution in [3.63, 3.8) is 0 Å². The van der Waals surface area contributed by atoms with E-state index in [9.17, 15) is 9.59 Å². The van der Waals surface area contributed by atoms with Crippen LogP contribution in [0.1, 0.15) is 28.9 Å². The summed E-state index contributed by atoms with van der Waals surface area (Å²) in [5.41, 5.74) is 0.961. The number of amides is 2. The number of rotatable bonds is 3. The van der Waals surface area contributed by atoms with Crippen molar-refractivity contribution in [3.05, 3.63) is 17.5 Å². The average Bonchev–Trinajstić information content (AvgIpc) is 3.12. The summed E-state index contributed by atoms with van der Waals surface area (Å²) in [6.07, 6.45) is 3.28. The van der Waals surface area contributed by atoms with Crippen LogP contribution in [-0.2, 0) is 4.79 Å². The predicted molar refractivity (Wildman–Crippen MR) is 61.5 cm³/mol. The third-order valence-corrected chi connectivity index (χ3v) is 2.63. The quantitative estimate of drug-likeness (QED) is 0.797. The number of hydrogen-bond acceptors (Lipinski definition) is 4. The van der Waals surface area contributed by atoms with Gasteiger partial charge in [0.2, 0.25) is 11.9 Å². The summed E-state index contributed by atoms with van der Waals surface area (Å²) >= 11 is 0. The number of hydrogen-bond donors (Lipinski definition) is 2. The Kier molecular flexibility index (Phi) is 3.03. The minimum absolute atomic E-state index is 0.0444. The molecule has 0 radical (unpaired) electrons. The first kappa shape index (κ1) is 11.5. The number of nitrogens with zero attached hydrogens (tertiary/aromatic N) is 2. The highest BCUT2D eigenvalue weighted by Gasteiger charge is 2.30. The molecule has 1 fully saturated rings. The lowest BCUT2D eigenvalue weighted by atomic mass is 10.2. The van der Waals surface area contributed by atoms with Gasteiger partial charge in [0.05, 0.1) is 11.3 Å². The highest BCUT2D eigenvalue weighted by molar-refractivity contribution is 5.95. The molecule has 0 aromatic carbocycles. The summed E-state index contributed by atoms with van der Waals surface area (Å²) in [6.45, 7) is 1.71. The molecule has 6 heteroatoms. The van der Waals surface area contributed by atoms with E-state index in [1.807, 2.05) is 0 Å². The van der Waals surface area contributed by atoms with Gasteiger partial charge in [-0.1, -0.05) is 0 Å². The Morgan fingerprint density at radius 1 is 1.41 bits per heavy atom. The average molecular weight is 234 g/mol. The largest absolute Gasteiger partial charge is 0.355 e. The lowest BCUT2D eigenvalue weighted by Gasteiger charge is -2.06. The van der Waals surface area contributed by atoms with Crippen LogP contribution in [0.25, 0.3) is 0 Å². The zero-order chi connectivity index (χ0) is 12.4. The molecular weight excluding hydrogens is 220 g/mol. The summed E-state index contributed by atoms with van der Waals surface area (Å²) in [7, 11) is 1.55. The van der Waals surface area contributed by atoms with Gasteiger partial charge in [0, 0.05) is 19.2 Å². The van der Waals surface area contributed by atoms with E-state index in [1.54, 1.807) is 14.0 Å². The van der Waals surface area contributed by atoms with Gasteiger partial charge in [0.15, 0.2) is 0 Å². The van der Waals surface area contributed by atoms with E-state index in [4.69, 9.17) is 0 Å². The fourth-order valence-corrected chi connectivity index (χ4v) is 1.44. The van der Waals surface area contributed by atoms with E-state index in [1.165, 1.54) is 6.20 Å². The minimum Gasteiger partial charge on any atom is -0.355 e. The molecule has 1 saturated carbocycles. The van der Waals surface area contributed by atoms with Crippen LogP contribution in [0, 0.1) is 12.8 Å². The standard InChI is InChI=1S/C11H14N4O2/c1-6-8(10(17)12-2)5-13-11(14-6)15-9(16)7-3-4-7/h5,7H,3-4H2,1-2H3,(H,12,17)(H,13,14,15,16). The van der Waals surface area contributed by atoms with Crippen LogP contribution in [0.15, 0.2) is 6.20 Å². The molecule has 1 aliphatic carbocycles. The highest BCUT2D eigenvalue weighted by atomic mass is 16.2. The molecule has 6 nitrogen and oxygen atoms in total. The Balaban J connectivity index is 2.12. The molecule has 1 aromatic heterocycles. The smallest absolute Gasteiger partial charge is 0.254 e. The van der Waals surface area contributed by atoms with E-state index >= 15 is 0 Å². The van der Waals surface area contributed by atoms with Crippen molar-refractivity contribution in [3.8, 4) is 0 Å². The molecule has 0 atom stereocenters. The van der Waals surface area contributed by atoms with Gasteiger partial charge < -0.3 is 5.32 Å². The van der Waals surface area contributed by atoms with Crippen molar-refractivity contribution in [2.75, 3.05) is 12.4 Å². The van der Waals surface area contributed by atoms with E-state index < -0.39 is 0 Å². The molecule has 2 amide bonds. The number of aryl methyl sites for hydroxylation is 1. The van der Waals surface area contributed by atoms with Gasteiger partial charge in [-0.2, -0.15) is 0 Å². The van der Waals surface area contributed by atoms with Crippen LogP contribution in [0.2, 0.25) is 0 Å². The first-order valence-corrected chi connectivity index (χ1v) is 5.48. The molecule has 2 rings (SSSR count). The lowest BCUT2D eigenvalue weighted by Crippen LogP contribution is -2.21. The minimum atomic E-state index is -0.234. The Hall–Kier alpha value is -1.98. The molecule has 17 heavy (non-hydrogen) atoms. The first-order chi connectivity index (χ1) is 8.11. The van der Waals surface area contributed by atoms with E-state index in [-0.39, 0.29) is 23.7 Å². The zero-order valence-corrected chi connectivity index (χ0v) is 9.78. The van der Waals surface area contributed by atoms with Crippen LogP contribution in [0.4, 0.5) is 5.95 Å². The third kappa shape index (κ3) is 2.58. The van der Waals surface area contributed by atoms with E-state index in [0.717, 1.165) is 12.8 Å². The van der Waals surface area contributed by atoms with Crippen molar-refractivity contribution in [1.82, 2.24) is 15.3 Å². The van der Waals surface area contributed by atoms with Gasteiger partial charge >= 0.3 is 0 Å². The summed E-state index contributed by atoms with van der Waals surface area (Å²) in [6, 6.07) is 0. The monoisotopic (exact) mass is 234 g/mol. The number of anilines is 1. The molecule has 1 aliphatic rings. The molecule has 0 aliphatic heterocycles. The van der Waals surface area contributed by atoms with Crippen molar-refractivity contribution in [2.24, 2.45) is 5.92 Å². The Morgan fingerprint density at radius 3 is 2.65 bits per heavy atom. The van der Waals surface area contributed by atoms with Crippen LogP contribution in [0.3, 0.4) is 0 Å². The van der Waals surface area contributed by atoms with Crippen molar-refractivity contribution >= 4 is 17.8 Å². The van der Waals surface area contributed by atoms with Crippen LogP contribution in [-0.4, -0.2) is 28.8 Å². The molecule has 90 valence electrons. The topological polar surface area (TPSA) is 84.0 Å². The van der Waals surface area contributed by atoms with Crippen molar-refractivity contribution in [2.45, 2.75) is 19.8 Å². The molecule has 0 unspecified atom stereocenters. The predicted octanol–water partition coefficient (Wildman–Crippen LogP) is 0.493. The summed E-state index contributed by atoms with van der Waals surface area (Å²) in [5.74, 6) is 0.0873. The maximum absolute atomic E-state index is 11.5. The molecule has 1 heterocycles. The second-order valence-electron chi connectivity index (χ2n) is 4.04. The van der Waals surface area contributed by atoms with Crippen LogP contribution < -0.4 is 10.6 Å². The van der Waals surface area contributed by atoms with Gasteiger partial charge in [-0.3, -0.25) is 14.9 Å². The highest BCUT2D eigenvalue weighted by Crippen LogP contribution is 2.29. The molecule has 1 aromatic rings. The lowest BCUT2D eigenvalue weighted by molar-refractivity contribution is -0.117. The number of nitrogens with one attached hydrogen (secondary N) is 2. The number of aromatic nitrogens is 2. The second kappa shape index (κ2) is 4.48. The van der Waals surface area contributed by atoms with Gasteiger partial charge in [-0.05, 0) is 19.8 Å². The third-order valence-electron chi connectivity index (χ3n) is 2.63. The van der Waals surface area contributed by atoms with Gasteiger partial charge in [-0.25, -0.2) is 9.97 Å². The summed E-state index contributed by atoms with van der Waals surface area (Å²) in [4.78, 5) is 30.9. The molecule has 0 saturated heterocycles. The van der Waals surface area contributed by atoms with Crippen LogP contribution in [0.5, 0.6) is 0 Å².